The molecule has 130 valence electrons. The number of benzene rings is 1. The highest BCUT2D eigenvalue weighted by molar-refractivity contribution is 7.09. The first-order valence-electron chi connectivity index (χ1n) is 8.05. The van der Waals surface area contributed by atoms with Crippen molar-refractivity contribution in [1.82, 2.24) is 15.6 Å². The van der Waals surface area contributed by atoms with Gasteiger partial charge in [-0.05, 0) is 30.0 Å². The first-order chi connectivity index (χ1) is 11.5. The second-order valence-corrected chi connectivity index (χ2v) is 6.85. The Labute approximate surface area is 148 Å². The minimum Gasteiger partial charge on any atom is -0.496 e. The van der Waals surface area contributed by atoms with E-state index < -0.39 is 0 Å². The monoisotopic (exact) mass is 346 g/mol. The van der Waals surface area contributed by atoms with E-state index >= 15 is 0 Å². The first-order valence-corrected chi connectivity index (χ1v) is 8.93. The van der Waals surface area contributed by atoms with E-state index in [9.17, 15) is 0 Å². The van der Waals surface area contributed by atoms with Crippen LogP contribution in [0.1, 0.15) is 41.6 Å². The lowest BCUT2D eigenvalue weighted by Gasteiger charge is -2.12. The zero-order valence-corrected chi connectivity index (χ0v) is 15.8. The topological polar surface area (TPSA) is 58.5 Å². The van der Waals surface area contributed by atoms with E-state index in [-0.39, 0.29) is 0 Å². The SMILES string of the molecule is CN=C(NCc1ccc(C)c(OC)c1)NCc1nc(C(C)C)cs1. The van der Waals surface area contributed by atoms with Crippen LogP contribution in [0.4, 0.5) is 0 Å². The molecule has 0 bridgehead atoms. The fourth-order valence-corrected chi connectivity index (χ4v) is 3.11. The summed E-state index contributed by atoms with van der Waals surface area (Å²) in [5, 5.41) is 9.81. The highest BCUT2D eigenvalue weighted by atomic mass is 32.1. The molecule has 24 heavy (non-hydrogen) atoms. The van der Waals surface area contributed by atoms with Gasteiger partial charge in [0.15, 0.2) is 5.96 Å². The van der Waals surface area contributed by atoms with Gasteiger partial charge in [0.05, 0.1) is 19.3 Å². The van der Waals surface area contributed by atoms with Gasteiger partial charge in [-0.3, -0.25) is 4.99 Å². The molecule has 0 radical (unpaired) electrons. The zero-order valence-electron chi connectivity index (χ0n) is 15.0. The summed E-state index contributed by atoms with van der Waals surface area (Å²) in [5.74, 6) is 2.13. The van der Waals surface area contributed by atoms with Gasteiger partial charge in [0, 0.05) is 19.0 Å². The van der Waals surface area contributed by atoms with Crippen LogP contribution in [0.5, 0.6) is 5.75 Å². The minimum atomic E-state index is 0.462. The molecule has 0 unspecified atom stereocenters. The number of hydrogen-bond acceptors (Lipinski definition) is 4. The van der Waals surface area contributed by atoms with E-state index in [0.717, 1.165) is 33.5 Å². The van der Waals surface area contributed by atoms with Gasteiger partial charge in [0.25, 0.3) is 0 Å². The van der Waals surface area contributed by atoms with Crippen LogP contribution in [-0.4, -0.2) is 25.1 Å². The van der Waals surface area contributed by atoms with Crippen molar-refractivity contribution >= 4 is 17.3 Å². The van der Waals surface area contributed by atoms with Gasteiger partial charge >= 0.3 is 0 Å². The van der Waals surface area contributed by atoms with Crippen molar-refractivity contribution in [2.75, 3.05) is 14.2 Å². The third-order valence-corrected chi connectivity index (χ3v) is 4.59. The summed E-state index contributed by atoms with van der Waals surface area (Å²) in [4.78, 5) is 8.88. The molecular formula is C18H26N4OS. The number of aromatic nitrogens is 1. The normalized spacial score (nSPS) is 11.7. The number of aryl methyl sites for hydroxylation is 1. The molecule has 6 heteroatoms. The van der Waals surface area contributed by atoms with Crippen LogP contribution in [0.15, 0.2) is 28.6 Å². The highest BCUT2D eigenvalue weighted by Gasteiger charge is 2.07. The average Bonchev–Trinajstić information content (AvgIpc) is 3.05. The van der Waals surface area contributed by atoms with Crippen LogP contribution in [0.25, 0.3) is 0 Å². The van der Waals surface area contributed by atoms with Gasteiger partial charge in [-0.15, -0.1) is 11.3 Å². The molecule has 2 aromatic rings. The summed E-state index contributed by atoms with van der Waals surface area (Å²) >= 11 is 1.68. The van der Waals surface area contributed by atoms with E-state index in [2.05, 4.69) is 52.0 Å². The van der Waals surface area contributed by atoms with Crippen LogP contribution in [0.2, 0.25) is 0 Å². The standard InChI is InChI=1S/C18H26N4OS/c1-12(2)15-11-24-17(22-15)10-21-18(19-4)20-9-14-7-6-13(3)16(8-14)23-5/h6-8,11-12H,9-10H2,1-5H3,(H2,19,20,21). The largest absolute Gasteiger partial charge is 0.496 e. The Balaban J connectivity index is 1.88. The Kier molecular flexibility index (Phi) is 6.61. The lowest BCUT2D eigenvalue weighted by atomic mass is 10.1. The molecule has 0 atom stereocenters. The van der Waals surface area contributed by atoms with Crippen LogP contribution in [0, 0.1) is 6.92 Å². The van der Waals surface area contributed by atoms with Crippen LogP contribution in [0.3, 0.4) is 0 Å². The lowest BCUT2D eigenvalue weighted by Crippen LogP contribution is -2.36. The van der Waals surface area contributed by atoms with Gasteiger partial charge in [-0.1, -0.05) is 26.0 Å². The second-order valence-electron chi connectivity index (χ2n) is 5.90. The summed E-state index contributed by atoms with van der Waals surface area (Å²) < 4.78 is 5.37. The van der Waals surface area contributed by atoms with Gasteiger partial charge in [0.1, 0.15) is 10.8 Å². The summed E-state index contributed by atoms with van der Waals surface area (Å²) in [6, 6.07) is 6.20. The Morgan fingerprint density at radius 2 is 2.04 bits per heavy atom. The van der Waals surface area contributed by atoms with Crippen molar-refractivity contribution in [1.29, 1.82) is 0 Å². The zero-order chi connectivity index (χ0) is 17.5. The number of ether oxygens (including phenoxy) is 1. The first kappa shape index (κ1) is 18.3. The molecule has 0 saturated carbocycles. The molecule has 1 aromatic heterocycles. The lowest BCUT2D eigenvalue weighted by molar-refractivity contribution is 0.411. The van der Waals surface area contributed by atoms with Gasteiger partial charge < -0.3 is 15.4 Å². The molecule has 0 amide bonds. The minimum absolute atomic E-state index is 0.462. The third kappa shape index (κ3) is 4.96. The smallest absolute Gasteiger partial charge is 0.191 e. The Morgan fingerprint density at radius 3 is 2.67 bits per heavy atom. The third-order valence-electron chi connectivity index (χ3n) is 3.72. The van der Waals surface area contributed by atoms with Crippen molar-refractivity contribution in [2.45, 2.75) is 39.8 Å². The van der Waals surface area contributed by atoms with Crippen molar-refractivity contribution < 1.29 is 4.74 Å². The number of rotatable bonds is 6. The maximum atomic E-state index is 5.37. The Bertz CT molecular complexity index is 694. The molecule has 1 heterocycles. The van der Waals surface area contributed by atoms with Crippen molar-refractivity contribution in [2.24, 2.45) is 4.99 Å². The molecule has 2 N–H and O–H groups in total. The second kappa shape index (κ2) is 8.68. The number of nitrogens with one attached hydrogen (secondary N) is 2. The van der Waals surface area contributed by atoms with Gasteiger partial charge in [0.2, 0.25) is 0 Å². The summed E-state index contributed by atoms with van der Waals surface area (Å²) in [7, 11) is 3.46. The van der Waals surface area contributed by atoms with Crippen LogP contribution >= 0.6 is 11.3 Å². The molecular weight excluding hydrogens is 320 g/mol. The fraction of sp³-hybridized carbons (Fsp3) is 0.444. The van der Waals surface area contributed by atoms with E-state index in [1.807, 2.05) is 13.0 Å². The molecule has 2 rings (SSSR count). The number of thiazole rings is 1. The van der Waals surface area contributed by atoms with Gasteiger partial charge in [-0.25, -0.2) is 4.98 Å². The van der Waals surface area contributed by atoms with Crippen LogP contribution < -0.4 is 15.4 Å². The molecule has 1 aromatic carbocycles. The summed E-state index contributed by atoms with van der Waals surface area (Å²) in [5.41, 5.74) is 3.43. The number of guanidine groups is 1. The summed E-state index contributed by atoms with van der Waals surface area (Å²) in [6.45, 7) is 7.71. The fourth-order valence-electron chi connectivity index (χ4n) is 2.21. The Morgan fingerprint density at radius 1 is 1.29 bits per heavy atom. The maximum absolute atomic E-state index is 5.37. The average molecular weight is 347 g/mol. The van der Waals surface area contributed by atoms with E-state index in [4.69, 9.17) is 4.74 Å². The number of methoxy groups -OCH3 is 1. The number of nitrogens with zero attached hydrogens (tertiary/aromatic N) is 2. The van der Waals surface area contributed by atoms with Crippen molar-refractivity contribution in [3.8, 4) is 5.75 Å². The molecule has 0 spiro atoms. The molecule has 5 nitrogen and oxygen atoms in total. The number of aliphatic imine (C=N–C) groups is 1. The van der Waals surface area contributed by atoms with E-state index in [1.165, 1.54) is 0 Å². The molecule has 0 fully saturated rings. The van der Waals surface area contributed by atoms with Crippen LogP contribution in [-0.2, 0) is 13.1 Å². The predicted molar refractivity (Wildman–Crippen MR) is 101 cm³/mol. The predicted octanol–water partition coefficient (Wildman–Crippen LogP) is 3.45. The highest BCUT2D eigenvalue weighted by Crippen LogP contribution is 2.19. The molecule has 0 aliphatic carbocycles. The van der Waals surface area contributed by atoms with Crippen molar-refractivity contribution in [3.05, 3.63) is 45.4 Å². The maximum Gasteiger partial charge on any atom is 0.191 e. The van der Waals surface area contributed by atoms with Gasteiger partial charge in [-0.2, -0.15) is 0 Å². The summed E-state index contributed by atoms with van der Waals surface area (Å²) in [6.07, 6.45) is 0. The molecule has 0 aliphatic rings. The quantitative estimate of drug-likeness (QED) is 0.621. The molecule has 0 aliphatic heterocycles. The van der Waals surface area contributed by atoms with E-state index in [0.29, 0.717) is 19.0 Å². The van der Waals surface area contributed by atoms with Crippen molar-refractivity contribution in [3.63, 3.8) is 0 Å². The number of hydrogen-bond donors (Lipinski definition) is 2. The molecule has 0 saturated heterocycles. The van der Waals surface area contributed by atoms with E-state index in [1.54, 1.807) is 25.5 Å². The Hall–Kier alpha value is -2.08.